The van der Waals surface area contributed by atoms with E-state index < -0.39 is 0 Å². The lowest BCUT2D eigenvalue weighted by Gasteiger charge is -2.43. The molecule has 3 aliphatic rings. The highest BCUT2D eigenvalue weighted by Gasteiger charge is 2.59. The fourth-order valence-corrected chi connectivity index (χ4v) is 6.31. The van der Waals surface area contributed by atoms with Gasteiger partial charge in [-0.15, -0.1) is 0 Å². The summed E-state index contributed by atoms with van der Waals surface area (Å²) in [5.74, 6) is 0.568. The molecule has 1 N–H and O–H groups in total. The highest BCUT2D eigenvalue weighted by Crippen LogP contribution is 2.62. The van der Waals surface area contributed by atoms with Gasteiger partial charge in [-0.05, 0) is 42.4 Å². The molecule has 4 rings (SSSR count). The average molecular weight is 417 g/mol. The molecule has 2 bridgehead atoms. The molecule has 166 valence electrons. The van der Waals surface area contributed by atoms with Crippen LogP contribution in [0.1, 0.15) is 81.5 Å². The van der Waals surface area contributed by atoms with E-state index in [-0.39, 0.29) is 28.9 Å². The topological polar surface area (TPSA) is 76.5 Å². The molecule has 2 saturated carbocycles. The van der Waals surface area contributed by atoms with E-state index in [1.165, 1.54) is 26.4 Å². The molecule has 1 aromatic heterocycles. The summed E-state index contributed by atoms with van der Waals surface area (Å²) in [7, 11) is 1.40. The number of ether oxygens (including phenoxy) is 1. The van der Waals surface area contributed by atoms with E-state index in [2.05, 4.69) is 33.0 Å². The number of nitrogens with one attached hydrogen (secondary N) is 1. The molecule has 0 spiro atoms. The Balaban J connectivity index is 1.62. The Morgan fingerprint density at radius 2 is 2.07 bits per heavy atom. The number of carbonyl (C=O) groups is 2. The van der Waals surface area contributed by atoms with Gasteiger partial charge in [0.05, 0.1) is 13.7 Å². The predicted molar refractivity (Wildman–Crippen MR) is 114 cm³/mol. The maximum atomic E-state index is 13.5. The van der Waals surface area contributed by atoms with Crippen LogP contribution in [0.4, 0.5) is 4.79 Å². The summed E-state index contributed by atoms with van der Waals surface area (Å²) in [5.41, 5.74) is 2.70. The van der Waals surface area contributed by atoms with Crippen molar-refractivity contribution >= 4 is 12.0 Å². The van der Waals surface area contributed by atoms with Crippen LogP contribution >= 0.6 is 0 Å². The minimum absolute atomic E-state index is 0.0888. The summed E-state index contributed by atoms with van der Waals surface area (Å²) in [6.45, 7) is 10.8. The van der Waals surface area contributed by atoms with Gasteiger partial charge in [-0.1, -0.05) is 34.1 Å². The largest absolute Gasteiger partial charge is 0.453 e. The van der Waals surface area contributed by atoms with E-state index in [0.717, 1.165) is 30.6 Å². The van der Waals surface area contributed by atoms with E-state index in [9.17, 15) is 9.59 Å². The smallest absolute Gasteiger partial charge is 0.409 e. The summed E-state index contributed by atoms with van der Waals surface area (Å²) in [5, 5.41) is 8.13. The number of fused-ring (bicyclic) bond motifs is 3. The van der Waals surface area contributed by atoms with Crippen molar-refractivity contribution in [1.82, 2.24) is 20.0 Å². The van der Waals surface area contributed by atoms with Crippen molar-refractivity contribution in [3.63, 3.8) is 0 Å². The Morgan fingerprint density at radius 3 is 2.70 bits per heavy atom. The Kier molecular flexibility index (Phi) is 5.35. The molecule has 1 aliphatic heterocycles. The zero-order valence-corrected chi connectivity index (χ0v) is 19.1. The molecule has 0 radical (unpaired) electrons. The molecule has 7 heteroatoms. The fraction of sp³-hybridized carbons (Fsp3) is 0.783. The SMILES string of the molecule is CCCCn1nc(C(=O)NC2C3(C)CCC(C3)C2(C)C)c2c1CCN(C(=O)OC)C2. The minimum atomic E-state index is -0.352. The van der Waals surface area contributed by atoms with Gasteiger partial charge >= 0.3 is 6.09 Å². The van der Waals surface area contributed by atoms with Crippen molar-refractivity contribution in [1.29, 1.82) is 0 Å². The van der Waals surface area contributed by atoms with E-state index in [1.54, 1.807) is 4.90 Å². The van der Waals surface area contributed by atoms with Crippen LogP contribution in [0, 0.1) is 16.7 Å². The minimum Gasteiger partial charge on any atom is -0.453 e. The lowest BCUT2D eigenvalue weighted by Crippen LogP contribution is -2.52. The van der Waals surface area contributed by atoms with Gasteiger partial charge in [0.2, 0.25) is 0 Å². The van der Waals surface area contributed by atoms with Gasteiger partial charge in [0, 0.05) is 36.8 Å². The molecule has 3 unspecified atom stereocenters. The Labute approximate surface area is 179 Å². The van der Waals surface area contributed by atoms with Crippen molar-refractivity contribution in [2.45, 2.75) is 85.4 Å². The first-order chi connectivity index (χ1) is 14.2. The van der Waals surface area contributed by atoms with E-state index in [4.69, 9.17) is 9.84 Å². The Hall–Kier alpha value is -2.05. The van der Waals surface area contributed by atoms with Crippen molar-refractivity contribution in [2.75, 3.05) is 13.7 Å². The van der Waals surface area contributed by atoms with Crippen molar-refractivity contribution in [3.05, 3.63) is 17.0 Å². The number of aryl methyl sites for hydroxylation is 1. The summed E-state index contributed by atoms with van der Waals surface area (Å²) in [6.07, 6.45) is 6.05. The van der Waals surface area contributed by atoms with Crippen molar-refractivity contribution in [2.24, 2.45) is 16.7 Å². The van der Waals surface area contributed by atoms with Gasteiger partial charge in [0.25, 0.3) is 5.91 Å². The Bertz CT molecular complexity index is 841. The lowest BCUT2D eigenvalue weighted by molar-refractivity contribution is 0.0729. The summed E-state index contributed by atoms with van der Waals surface area (Å²) < 4.78 is 6.91. The first-order valence-electron chi connectivity index (χ1n) is 11.4. The molecule has 1 aromatic rings. The standard InChI is InChI=1S/C23H36N4O3/c1-6-7-11-27-17-9-12-26(21(29)30-5)14-16(17)18(25-27)19(28)24-20-22(2,3)15-8-10-23(20,4)13-15/h15,20H,6-14H2,1-5H3,(H,24,28). The molecule has 7 nitrogen and oxygen atoms in total. The molecule has 2 aliphatic carbocycles. The third-order valence-electron chi connectivity index (χ3n) is 8.05. The number of nitrogens with zero attached hydrogens (tertiary/aromatic N) is 3. The summed E-state index contributed by atoms with van der Waals surface area (Å²) >= 11 is 0. The van der Waals surface area contributed by atoms with Crippen molar-refractivity contribution in [3.8, 4) is 0 Å². The summed E-state index contributed by atoms with van der Waals surface area (Å²) in [4.78, 5) is 27.3. The molecule has 0 aromatic carbocycles. The van der Waals surface area contributed by atoms with Gasteiger partial charge < -0.3 is 15.0 Å². The maximum absolute atomic E-state index is 13.5. The molecular formula is C23H36N4O3. The molecular weight excluding hydrogens is 380 g/mol. The van der Waals surface area contributed by atoms with Crippen LogP contribution in [-0.4, -0.2) is 46.4 Å². The van der Waals surface area contributed by atoms with E-state index in [1.807, 2.05) is 4.68 Å². The molecule has 2 amide bonds. The van der Waals surface area contributed by atoms with Gasteiger partial charge in [-0.2, -0.15) is 5.10 Å². The molecule has 3 atom stereocenters. The van der Waals surface area contributed by atoms with Gasteiger partial charge in [0.15, 0.2) is 5.69 Å². The van der Waals surface area contributed by atoms with Crippen LogP contribution in [-0.2, 0) is 24.2 Å². The third kappa shape index (κ3) is 3.30. The number of rotatable bonds is 5. The molecule has 30 heavy (non-hydrogen) atoms. The fourth-order valence-electron chi connectivity index (χ4n) is 6.31. The number of methoxy groups -OCH3 is 1. The van der Waals surface area contributed by atoms with E-state index >= 15 is 0 Å². The number of amides is 2. The third-order valence-corrected chi connectivity index (χ3v) is 8.05. The van der Waals surface area contributed by atoms with Crippen LogP contribution in [0.5, 0.6) is 0 Å². The van der Waals surface area contributed by atoms with Crippen LogP contribution in [0.2, 0.25) is 0 Å². The highest BCUT2D eigenvalue weighted by molar-refractivity contribution is 5.94. The van der Waals surface area contributed by atoms with Crippen LogP contribution in [0.25, 0.3) is 0 Å². The zero-order chi connectivity index (χ0) is 21.7. The summed E-state index contributed by atoms with van der Waals surface area (Å²) in [6, 6.07) is 0.146. The van der Waals surface area contributed by atoms with Gasteiger partial charge in [-0.3, -0.25) is 9.48 Å². The van der Waals surface area contributed by atoms with Crippen molar-refractivity contribution < 1.29 is 14.3 Å². The van der Waals surface area contributed by atoms with E-state index in [0.29, 0.717) is 31.1 Å². The maximum Gasteiger partial charge on any atom is 0.409 e. The second-order valence-electron chi connectivity index (χ2n) is 10.3. The van der Waals surface area contributed by atoms with Gasteiger partial charge in [-0.25, -0.2) is 4.79 Å². The number of aromatic nitrogens is 2. The quantitative estimate of drug-likeness (QED) is 0.793. The number of hydrogen-bond donors (Lipinski definition) is 1. The number of hydrogen-bond acceptors (Lipinski definition) is 4. The lowest BCUT2D eigenvalue weighted by atomic mass is 9.68. The van der Waals surface area contributed by atoms with Crippen LogP contribution in [0.15, 0.2) is 0 Å². The first kappa shape index (κ1) is 21.2. The molecule has 2 fully saturated rings. The van der Waals surface area contributed by atoms with Gasteiger partial charge in [0.1, 0.15) is 0 Å². The monoisotopic (exact) mass is 416 g/mol. The van der Waals surface area contributed by atoms with Crippen LogP contribution in [0.3, 0.4) is 0 Å². The Morgan fingerprint density at radius 1 is 1.30 bits per heavy atom. The second kappa shape index (κ2) is 7.57. The first-order valence-corrected chi connectivity index (χ1v) is 11.4. The molecule has 2 heterocycles. The number of unbranched alkanes of at least 4 members (excludes halogenated alkanes) is 1. The normalized spacial score (nSPS) is 29.0. The predicted octanol–water partition coefficient (Wildman–Crippen LogP) is 3.75. The average Bonchev–Trinajstić information content (AvgIpc) is 3.35. The second-order valence-corrected chi connectivity index (χ2v) is 10.3. The number of carbonyl (C=O) groups excluding carboxylic acids is 2. The highest BCUT2D eigenvalue weighted by atomic mass is 16.5. The molecule has 0 saturated heterocycles. The van der Waals surface area contributed by atoms with Crippen LogP contribution < -0.4 is 5.32 Å². The zero-order valence-electron chi connectivity index (χ0n) is 19.1.